The Morgan fingerprint density at radius 2 is 1.64 bits per heavy atom. The summed E-state index contributed by atoms with van der Waals surface area (Å²) in [5, 5.41) is 48.1. The molecule has 1 saturated heterocycles. The van der Waals surface area contributed by atoms with Gasteiger partial charge in [-0.3, -0.25) is 14.4 Å². The summed E-state index contributed by atoms with van der Waals surface area (Å²) in [6.45, 7) is -0.605. The fourth-order valence-corrected chi connectivity index (χ4v) is 3.67. The predicted molar refractivity (Wildman–Crippen MR) is 120 cm³/mol. The van der Waals surface area contributed by atoms with Gasteiger partial charge in [0.25, 0.3) is 0 Å². The quantitative estimate of drug-likeness (QED) is 0.165. The van der Waals surface area contributed by atoms with Gasteiger partial charge in [0.2, 0.25) is 6.29 Å². The molecule has 5 atom stereocenters. The molecular weight excluding hydrogens is 480 g/mol. The molecule has 1 fully saturated rings. The highest BCUT2D eigenvalue weighted by Crippen LogP contribution is 2.28. The molecule has 0 spiro atoms. The Kier molecular flexibility index (Phi) is 7.33. The summed E-state index contributed by atoms with van der Waals surface area (Å²) in [5.74, 6) is -1.99. The molecule has 1 unspecified atom stereocenters. The van der Waals surface area contributed by atoms with Gasteiger partial charge < -0.3 is 44.2 Å². The first-order valence-electron chi connectivity index (χ1n) is 10.7. The molecule has 2 aromatic carbocycles. The van der Waals surface area contributed by atoms with Crippen LogP contribution in [0.15, 0.2) is 57.9 Å². The van der Waals surface area contributed by atoms with Crippen molar-refractivity contribution in [3.05, 3.63) is 59.0 Å². The van der Waals surface area contributed by atoms with E-state index in [1.807, 2.05) is 0 Å². The van der Waals surface area contributed by atoms with Crippen LogP contribution in [-0.2, 0) is 14.3 Å². The van der Waals surface area contributed by atoms with Crippen LogP contribution in [0.3, 0.4) is 0 Å². The average molecular weight is 502 g/mol. The highest BCUT2D eigenvalue weighted by atomic mass is 16.7. The van der Waals surface area contributed by atoms with Crippen molar-refractivity contribution < 1.29 is 53.7 Å². The number of aliphatic carboxylic acids is 1. The molecule has 2 heterocycles. The van der Waals surface area contributed by atoms with Crippen molar-refractivity contribution >= 4 is 22.9 Å². The smallest absolute Gasteiger partial charge is 0.322 e. The third-order valence-electron chi connectivity index (χ3n) is 5.54. The Morgan fingerprint density at radius 1 is 0.944 bits per heavy atom. The van der Waals surface area contributed by atoms with Crippen molar-refractivity contribution in [2.24, 2.45) is 0 Å². The number of aliphatic hydroxyl groups is 4. The molecule has 3 aromatic rings. The number of carboxylic acids is 1. The van der Waals surface area contributed by atoms with Crippen LogP contribution >= 0.6 is 0 Å². The minimum atomic E-state index is -1.60. The van der Waals surface area contributed by atoms with E-state index in [4.69, 9.17) is 23.7 Å². The molecule has 36 heavy (non-hydrogen) atoms. The number of hydrogen-bond acceptors (Lipinski definition) is 11. The number of carbonyl (C=O) groups excluding carboxylic acids is 1. The zero-order valence-corrected chi connectivity index (χ0v) is 18.5. The molecule has 0 aliphatic carbocycles. The van der Waals surface area contributed by atoms with Gasteiger partial charge in [0.05, 0.1) is 17.6 Å². The highest BCUT2D eigenvalue weighted by molar-refractivity contribution is 5.91. The van der Waals surface area contributed by atoms with E-state index < -0.39 is 55.7 Å². The summed E-state index contributed by atoms with van der Waals surface area (Å²) in [7, 11) is 0. The van der Waals surface area contributed by atoms with E-state index in [2.05, 4.69) is 0 Å². The van der Waals surface area contributed by atoms with Crippen molar-refractivity contribution in [1.82, 2.24) is 0 Å². The molecule has 5 N–H and O–H groups in total. The predicted octanol–water partition coefficient (Wildman–Crippen LogP) is 0.0188. The molecule has 0 amide bonds. The van der Waals surface area contributed by atoms with Crippen LogP contribution in [0.5, 0.6) is 11.5 Å². The second-order valence-electron chi connectivity index (χ2n) is 8.02. The normalized spacial score (nSPS) is 23.8. The van der Waals surface area contributed by atoms with Crippen molar-refractivity contribution in [2.45, 2.75) is 37.1 Å². The third kappa shape index (κ3) is 5.22. The zero-order valence-electron chi connectivity index (χ0n) is 18.5. The van der Waals surface area contributed by atoms with Gasteiger partial charge in [0.15, 0.2) is 5.43 Å². The molecule has 0 saturated carbocycles. The largest absolute Gasteiger partial charge is 0.481 e. The summed E-state index contributed by atoms with van der Waals surface area (Å²) in [5.41, 5.74) is 0.468. The number of fused-ring (bicyclic) bond motifs is 1. The Balaban J connectivity index is 1.53. The molecular formula is C24H22O12. The SMILES string of the molecule is O=C(O)CC(=O)Oc1ccc(-c2coc3cc(OC4O[C@H](CO)[C@@H](O)[C@H](O)[C@H]4O)ccc3c2=O)cc1. The van der Waals surface area contributed by atoms with Crippen LogP contribution in [-0.4, -0.2) is 74.8 Å². The second kappa shape index (κ2) is 10.4. The zero-order chi connectivity index (χ0) is 26.0. The van der Waals surface area contributed by atoms with Crippen LogP contribution in [0, 0.1) is 0 Å². The topological polar surface area (TPSA) is 193 Å². The number of benzene rings is 2. The van der Waals surface area contributed by atoms with Crippen molar-refractivity contribution in [3.8, 4) is 22.6 Å². The Morgan fingerprint density at radius 3 is 2.31 bits per heavy atom. The van der Waals surface area contributed by atoms with E-state index in [-0.39, 0.29) is 33.5 Å². The molecule has 190 valence electrons. The van der Waals surface area contributed by atoms with Gasteiger partial charge >= 0.3 is 11.9 Å². The highest BCUT2D eigenvalue weighted by Gasteiger charge is 2.44. The van der Waals surface area contributed by atoms with Crippen molar-refractivity contribution in [1.29, 1.82) is 0 Å². The fourth-order valence-electron chi connectivity index (χ4n) is 3.67. The maximum absolute atomic E-state index is 13.0. The lowest BCUT2D eigenvalue weighted by Crippen LogP contribution is -2.60. The number of rotatable bonds is 7. The molecule has 0 bridgehead atoms. The molecule has 4 rings (SSSR count). The second-order valence-corrected chi connectivity index (χ2v) is 8.02. The van der Waals surface area contributed by atoms with E-state index in [9.17, 15) is 34.8 Å². The third-order valence-corrected chi connectivity index (χ3v) is 5.54. The number of ether oxygens (including phenoxy) is 3. The number of hydrogen-bond donors (Lipinski definition) is 5. The number of aliphatic hydroxyl groups excluding tert-OH is 4. The number of carbonyl (C=O) groups is 2. The number of esters is 1. The molecule has 1 aromatic heterocycles. The van der Waals surface area contributed by atoms with E-state index >= 15 is 0 Å². The lowest BCUT2D eigenvalue weighted by atomic mass is 9.99. The van der Waals surface area contributed by atoms with Crippen LogP contribution in [0.1, 0.15) is 6.42 Å². The molecule has 1 aliphatic heterocycles. The van der Waals surface area contributed by atoms with E-state index in [0.717, 1.165) is 0 Å². The van der Waals surface area contributed by atoms with Crippen LogP contribution in [0.4, 0.5) is 0 Å². The fraction of sp³-hybridized carbons (Fsp3) is 0.292. The summed E-state index contributed by atoms with van der Waals surface area (Å²) < 4.78 is 21.4. The summed E-state index contributed by atoms with van der Waals surface area (Å²) in [6, 6.07) is 10.1. The van der Waals surface area contributed by atoms with Gasteiger partial charge in [-0.25, -0.2) is 0 Å². The molecule has 12 heteroatoms. The summed E-state index contributed by atoms with van der Waals surface area (Å²) in [4.78, 5) is 35.1. The molecule has 0 radical (unpaired) electrons. The van der Waals surface area contributed by atoms with Crippen molar-refractivity contribution in [3.63, 3.8) is 0 Å². The maximum atomic E-state index is 13.0. The lowest BCUT2D eigenvalue weighted by molar-refractivity contribution is -0.277. The standard InChI is InChI=1S/C24H22O12/c25-9-17-21(30)22(31)23(32)24(36-17)35-13-5-6-14-16(7-13)33-10-15(20(14)29)11-1-3-12(4-2-11)34-19(28)8-18(26)27/h1-7,10,17,21-25,30-32H,8-9H2,(H,26,27)/t17-,21-,22+,23-,24?/m1/s1. The Bertz CT molecular complexity index is 1310. The van der Waals surface area contributed by atoms with Gasteiger partial charge in [0.1, 0.15) is 54.2 Å². The van der Waals surface area contributed by atoms with Gasteiger partial charge in [-0.2, -0.15) is 0 Å². The summed E-state index contributed by atoms with van der Waals surface area (Å²) in [6.07, 6.45) is -6.81. The maximum Gasteiger partial charge on any atom is 0.322 e. The monoisotopic (exact) mass is 502 g/mol. The minimum Gasteiger partial charge on any atom is -0.481 e. The number of carboxylic acid groups (broad SMARTS) is 1. The van der Waals surface area contributed by atoms with Crippen LogP contribution in [0.25, 0.3) is 22.1 Å². The van der Waals surface area contributed by atoms with Gasteiger partial charge in [-0.15, -0.1) is 0 Å². The first-order valence-corrected chi connectivity index (χ1v) is 10.7. The van der Waals surface area contributed by atoms with E-state index in [1.165, 1.54) is 48.7 Å². The van der Waals surface area contributed by atoms with Gasteiger partial charge in [-0.05, 0) is 29.8 Å². The molecule has 1 aliphatic rings. The van der Waals surface area contributed by atoms with Gasteiger partial charge in [-0.1, -0.05) is 12.1 Å². The van der Waals surface area contributed by atoms with E-state index in [1.54, 1.807) is 0 Å². The average Bonchev–Trinajstić information content (AvgIpc) is 2.84. The Labute approximate surface area is 202 Å². The first kappa shape index (κ1) is 25.3. The van der Waals surface area contributed by atoms with Crippen LogP contribution < -0.4 is 14.9 Å². The lowest BCUT2D eigenvalue weighted by Gasteiger charge is -2.39. The van der Waals surface area contributed by atoms with Crippen molar-refractivity contribution in [2.75, 3.05) is 6.61 Å². The van der Waals surface area contributed by atoms with Crippen LogP contribution in [0.2, 0.25) is 0 Å². The first-order chi connectivity index (χ1) is 17.2. The van der Waals surface area contributed by atoms with Gasteiger partial charge in [0, 0.05) is 6.07 Å². The Hall–Kier alpha value is -3.81. The van der Waals surface area contributed by atoms with E-state index in [0.29, 0.717) is 5.56 Å². The summed E-state index contributed by atoms with van der Waals surface area (Å²) >= 11 is 0. The molecule has 12 nitrogen and oxygen atoms in total. The minimum absolute atomic E-state index is 0.116.